The van der Waals surface area contributed by atoms with Gasteiger partial charge in [-0.25, -0.2) is 0 Å². The molecule has 0 aromatic carbocycles. The zero-order valence-corrected chi connectivity index (χ0v) is 29.6. The first-order valence-electron chi connectivity index (χ1n) is 17.4. The number of hydrogen-bond donors (Lipinski definition) is 9. The van der Waals surface area contributed by atoms with E-state index in [0.717, 1.165) is 0 Å². The Morgan fingerprint density at radius 2 is 1.69 bits per heavy atom. The van der Waals surface area contributed by atoms with Crippen LogP contribution in [0.1, 0.15) is 66.7 Å². The molecule has 1 aliphatic heterocycles. The summed E-state index contributed by atoms with van der Waals surface area (Å²) in [5.74, 6) is -4.16. The Hall–Kier alpha value is -1.50. The summed E-state index contributed by atoms with van der Waals surface area (Å²) in [5, 5.41) is 79.9. The van der Waals surface area contributed by atoms with Crippen LogP contribution in [0.4, 0.5) is 0 Å². The van der Waals surface area contributed by atoms with Gasteiger partial charge >= 0.3 is 0 Å². The van der Waals surface area contributed by atoms with E-state index in [1.807, 2.05) is 39.0 Å². The lowest BCUT2D eigenvalue weighted by Crippen LogP contribution is -2.66. The topological polar surface area (TPSA) is 244 Å². The second-order valence-electron chi connectivity index (χ2n) is 16.0. The van der Waals surface area contributed by atoms with Crippen LogP contribution in [-0.2, 0) is 24.4 Å². The quantitative estimate of drug-likeness (QED) is 0.111. The molecule has 0 aromatic heterocycles. The standard InChI is InChI=1S/C34H55NO13S/c1-16(18(3)30(42)35-15-49(44,45)46)6-7-17(2)24-26(39)27(40)29-33(24,5)11-9-23-32(4)10-8-19(12-20(32)21(36)13-34(23,29)43)48-31-28(41)25(38)22(37)14-47-31/h6-7,12,16-19,21-29,31,36-41,43H,8-11,13-15H2,1-5H3,(H,35,42)(H,44,45,46)/b7-6+/t16-,17+,18-,19-,21+,22+,23+,24-,25-,26+,27-,28+,29+,31-,32-,33+,34-/m0/s1. The molecule has 0 radical (unpaired) electrons. The number of carbonyl (C=O) groups excluding carboxylic acids is 1. The van der Waals surface area contributed by atoms with Gasteiger partial charge in [-0.3, -0.25) is 9.35 Å². The van der Waals surface area contributed by atoms with E-state index in [1.165, 1.54) is 0 Å². The molecule has 49 heavy (non-hydrogen) atoms. The molecule has 1 amide bonds. The molecule has 3 saturated carbocycles. The molecule has 1 saturated heterocycles. The van der Waals surface area contributed by atoms with E-state index in [-0.39, 0.29) is 30.8 Å². The zero-order chi connectivity index (χ0) is 36.4. The Morgan fingerprint density at radius 3 is 2.35 bits per heavy atom. The minimum absolute atomic E-state index is 0.0481. The molecule has 4 fully saturated rings. The van der Waals surface area contributed by atoms with E-state index in [1.54, 1.807) is 13.8 Å². The molecular weight excluding hydrogens is 662 g/mol. The van der Waals surface area contributed by atoms with Gasteiger partial charge in [-0.2, -0.15) is 8.42 Å². The van der Waals surface area contributed by atoms with Crippen LogP contribution in [0.5, 0.6) is 0 Å². The smallest absolute Gasteiger partial charge is 0.283 e. The van der Waals surface area contributed by atoms with Crippen molar-refractivity contribution in [2.75, 3.05) is 12.5 Å². The monoisotopic (exact) mass is 717 g/mol. The fraction of sp³-hybridized carbons (Fsp3) is 0.853. The van der Waals surface area contributed by atoms with Crippen molar-refractivity contribution < 1.29 is 63.0 Å². The van der Waals surface area contributed by atoms with E-state index in [2.05, 4.69) is 5.32 Å². The van der Waals surface area contributed by atoms with Gasteiger partial charge in [0.15, 0.2) is 6.29 Å². The number of amides is 1. The minimum atomic E-state index is -4.36. The Kier molecular flexibility index (Phi) is 10.9. The third-order valence-electron chi connectivity index (χ3n) is 12.9. The SMILES string of the molecule is C[C@H](/C=C/[C@H](C)[C@H](C)C(=O)NCS(=O)(=O)O)[C@H]1[C@@H](O)[C@H](O)[C@@H]2[C@]1(C)CC[C@H]1[C@@]2(O)C[C@@H](O)C2=C[C@@H](O[C@@H]3OC[C@@H](O)[C@H](O)[C@H]3O)CC[C@@]21C. The zero-order valence-electron chi connectivity index (χ0n) is 28.8. The molecule has 5 aliphatic rings. The predicted octanol–water partition coefficient (Wildman–Crippen LogP) is -0.157. The van der Waals surface area contributed by atoms with E-state index in [9.17, 15) is 49.0 Å². The highest BCUT2D eigenvalue weighted by Crippen LogP contribution is 2.69. The molecule has 17 atom stereocenters. The number of fused-ring (bicyclic) bond motifs is 5. The summed E-state index contributed by atoms with van der Waals surface area (Å²) in [6, 6.07) is 0. The Morgan fingerprint density at radius 1 is 1.02 bits per heavy atom. The van der Waals surface area contributed by atoms with Gasteiger partial charge < -0.3 is 50.5 Å². The molecule has 14 nitrogen and oxygen atoms in total. The highest BCUT2D eigenvalue weighted by Gasteiger charge is 2.72. The molecule has 9 N–H and O–H groups in total. The lowest BCUT2D eigenvalue weighted by atomic mass is 9.43. The number of nitrogens with one attached hydrogen (secondary N) is 1. The summed E-state index contributed by atoms with van der Waals surface area (Å²) >= 11 is 0. The van der Waals surface area contributed by atoms with Crippen molar-refractivity contribution in [1.82, 2.24) is 5.32 Å². The van der Waals surface area contributed by atoms with Gasteiger partial charge in [0.2, 0.25) is 5.91 Å². The van der Waals surface area contributed by atoms with Crippen LogP contribution in [0.3, 0.4) is 0 Å². The number of allylic oxidation sites excluding steroid dienone is 2. The number of aliphatic hydroxyl groups is 7. The molecule has 0 aromatic rings. The molecule has 0 unspecified atom stereocenters. The third kappa shape index (κ3) is 6.90. The van der Waals surface area contributed by atoms with E-state index < -0.39 is 105 Å². The summed E-state index contributed by atoms with van der Waals surface area (Å²) in [6.45, 7) is 9.16. The maximum atomic E-state index is 12.6. The van der Waals surface area contributed by atoms with Crippen molar-refractivity contribution in [2.45, 2.75) is 121 Å². The summed E-state index contributed by atoms with van der Waals surface area (Å²) < 4.78 is 42.4. The van der Waals surface area contributed by atoms with Crippen molar-refractivity contribution in [3.05, 3.63) is 23.8 Å². The van der Waals surface area contributed by atoms with Crippen LogP contribution in [0.2, 0.25) is 0 Å². The molecule has 0 spiro atoms. The number of aliphatic hydroxyl groups excluding tert-OH is 6. The van der Waals surface area contributed by atoms with E-state index >= 15 is 0 Å². The Labute approximate surface area is 288 Å². The van der Waals surface area contributed by atoms with Crippen LogP contribution in [0.15, 0.2) is 23.8 Å². The molecule has 15 heteroatoms. The lowest BCUT2D eigenvalue weighted by molar-refractivity contribution is -0.280. The molecule has 1 heterocycles. The number of rotatable bonds is 9. The van der Waals surface area contributed by atoms with Crippen LogP contribution >= 0.6 is 0 Å². The van der Waals surface area contributed by atoms with Gasteiger partial charge in [0.1, 0.15) is 24.2 Å². The van der Waals surface area contributed by atoms with Crippen molar-refractivity contribution in [2.24, 2.45) is 46.3 Å². The first-order valence-corrected chi connectivity index (χ1v) is 19.0. The number of hydrogen-bond acceptors (Lipinski definition) is 12. The summed E-state index contributed by atoms with van der Waals surface area (Å²) in [4.78, 5) is 12.4. The number of ether oxygens (including phenoxy) is 2. The number of carbonyl (C=O) groups is 1. The van der Waals surface area contributed by atoms with Crippen molar-refractivity contribution in [1.29, 1.82) is 0 Å². The first kappa shape index (κ1) is 38.7. The summed E-state index contributed by atoms with van der Waals surface area (Å²) in [7, 11) is -4.36. The normalized spacial score (nSPS) is 47.4. The molecule has 5 rings (SSSR count). The van der Waals surface area contributed by atoms with E-state index in [4.69, 9.17) is 14.0 Å². The van der Waals surface area contributed by atoms with Crippen molar-refractivity contribution in [3.63, 3.8) is 0 Å². The molecular formula is C34H55NO13S. The van der Waals surface area contributed by atoms with E-state index in [0.29, 0.717) is 31.3 Å². The average Bonchev–Trinajstić information content (AvgIpc) is 3.23. The van der Waals surface area contributed by atoms with Crippen molar-refractivity contribution in [3.8, 4) is 0 Å². The first-order chi connectivity index (χ1) is 22.7. The molecule has 0 bridgehead atoms. The minimum Gasteiger partial charge on any atom is -0.390 e. The summed E-state index contributed by atoms with van der Waals surface area (Å²) in [5.41, 5.74) is -2.14. The van der Waals surface area contributed by atoms with Gasteiger partial charge in [0.05, 0.1) is 36.6 Å². The van der Waals surface area contributed by atoms with Gasteiger partial charge in [-0.15, -0.1) is 0 Å². The molecule has 4 aliphatic carbocycles. The Balaban J connectivity index is 1.33. The maximum Gasteiger partial charge on any atom is 0.283 e. The fourth-order valence-corrected chi connectivity index (χ4v) is 10.6. The maximum absolute atomic E-state index is 12.6. The molecule has 280 valence electrons. The summed E-state index contributed by atoms with van der Waals surface area (Å²) in [6.07, 6.45) is -1.62. The highest BCUT2D eigenvalue weighted by molar-refractivity contribution is 7.85. The highest BCUT2D eigenvalue weighted by atomic mass is 32.2. The van der Waals surface area contributed by atoms with Gasteiger partial charge in [0.25, 0.3) is 10.1 Å². The second kappa shape index (κ2) is 13.8. The van der Waals surface area contributed by atoms with Crippen LogP contribution in [0, 0.1) is 46.3 Å². The predicted molar refractivity (Wildman–Crippen MR) is 175 cm³/mol. The lowest BCUT2D eigenvalue weighted by Gasteiger charge is -2.63. The van der Waals surface area contributed by atoms with Crippen LogP contribution < -0.4 is 5.32 Å². The Bertz CT molecular complexity index is 1410. The van der Waals surface area contributed by atoms with Gasteiger partial charge in [-0.05, 0) is 65.8 Å². The fourth-order valence-electron chi connectivity index (χ4n) is 10.3. The largest absolute Gasteiger partial charge is 0.390 e. The van der Waals surface area contributed by atoms with Crippen LogP contribution in [0.25, 0.3) is 0 Å². The van der Waals surface area contributed by atoms with Crippen LogP contribution in [-0.4, -0.2) is 122 Å². The third-order valence-corrected chi connectivity index (χ3v) is 13.5. The van der Waals surface area contributed by atoms with Gasteiger partial charge in [-0.1, -0.05) is 52.8 Å². The second-order valence-corrected chi connectivity index (χ2v) is 17.4. The van der Waals surface area contributed by atoms with Crippen molar-refractivity contribution >= 4 is 16.0 Å². The average molecular weight is 718 g/mol. The van der Waals surface area contributed by atoms with Gasteiger partial charge in [0, 0.05) is 18.3 Å².